The summed E-state index contributed by atoms with van der Waals surface area (Å²) >= 11 is 6.38. The van der Waals surface area contributed by atoms with E-state index in [-0.39, 0.29) is 10.9 Å². The molecule has 5 rings (SSSR count). The molecule has 0 spiro atoms. The van der Waals surface area contributed by atoms with Crippen molar-refractivity contribution in [1.82, 2.24) is 24.2 Å². The third kappa shape index (κ3) is 5.94. The van der Waals surface area contributed by atoms with Gasteiger partial charge in [0.1, 0.15) is 17.2 Å². The van der Waals surface area contributed by atoms with Gasteiger partial charge in [0.25, 0.3) is 0 Å². The van der Waals surface area contributed by atoms with Crippen molar-refractivity contribution in [2.24, 2.45) is 0 Å². The average Bonchev–Trinajstić information content (AvgIpc) is 3.34. The Morgan fingerprint density at radius 1 is 1.21 bits per heavy atom. The van der Waals surface area contributed by atoms with Crippen molar-refractivity contribution in [3.63, 3.8) is 0 Å². The molecule has 2 saturated heterocycles. The van der Waals surface area contributed by atoms with E-state index in [1.807, 2.05) is 0 Å². The minimum Gasteiger partial charge on any atom is -0.495 e. The molecule has 0 unspecified atom stereocenters. The molecule has 1 aromatic carbocycles. The molecule has 13 heteroatoms. The van der Waals surface area contributed by atoms with Crippen LogP contribution in [0.4, 0.5) is 17.5 Å². The molecule has 4 heterocycles. The van der Waals surface area contributed by atoms with Crippen LogP contribution in [-0.2, 0) is 14.8 Å². The molecule has 212 valence electrons. The lowest BCUT2D eigenvalue weighted by Gasteiger charge is -2.39. The van der Waals surface area contributed by atoms with Gasteiger partial charge < -0.3 is 25.1 Å². The number of ether oxygens (including phenoxy) is 2. The van der Waals surface area contributed by atoms with E-state index >= 15 is 0 Å². The van der Waals surface area contributed by atoms with Crippen LogP contribution in [0, 0.1) is 0 Å². The van der Waals surface area contributed by atoms with Crippen LogP contribution < -0.4 is 15.4 Å². The lowest BCUT2D eigenvalue weighted by Crippen LogP contribution is -2.50. The lowest BCUT2D eigenvalue weighted by molar-refractivity contribution is 0.00610. The van der Waals surface area contributed by atoms with E-state index in [1.165, 1.54) is 7.11 Å². The number of aromatic amines is 1. The Labute approximate surface area is 234 Å². The van der Waals surface area contributed by atoms with Gasteiger partial charge in [0.15, 0.2) is 0 Å². The standard InChI is InChI=1S/C26H36ClN7O4S/c1-4-17(2)29-25-23-20(27)16-28-24(23)31-26(32-25)30-21-6-5-19(15-22(21)37-3)39(35,36)34-9-7-18(8-10-34)33-11-13-38-14-12-33/h5-6,15-18H,4,7-14H2,1-3H3,(H3,28,29,30,31,32)/t17-/m0/s1. The van der Waals surface area contributed by atoms with Gasteiger partial charge >= 0.3 is 0 Å². The summed E-state index contributed by atoms with van der Waals surface area (Å²) in [6.07, 6.45) is 4.21. The summed E-state index contributed by atoms with van der Waals surface area (Å²) in [6.45, 7) is 8.43. The van der Waals surface area contributed by atoms with Gasteiger partial charge in [0, 0.05) is 50.5 Å². The number of piperidine rings is 1. The molecule has 39 heavy (non-hydrogen) atoms. The smallest absolute Gasteiger partial charge is 0.243 e. The van der Waals surface area contributed by atoms with Crippen LogP contribution in [0.25, 0.3) is 11.0 Å². The van der Waals surface area contributed by atoms with E-state index in [0.29, 0.717) is 58.4 Å². The summed E-state index contributed by atoms with van der Waals surface area (Å²) in [6, 6.07) is 5.40. The maximum atomic E-state index is 13.5. The Morgan fingerprint density at radius 3 is 2.64 bits per heavy atom. The van der Waals surface area contributed by atoms with Gasteiger partial charge in [-0.05, 0) is 38.3 Å². The normalized spacial score (nSPS) is 18.8. The molecule has 0 amide bonds. The van der Waals surface area contributed by atoms with Crippen LogP contribution in [0.5, 0.6) is 5.75 Å². The number of fused-ring (bicyclic) bond motifs is 1. The Hall–Kier alpha value is -2.64. The highest BCUT2D eigenvalue weighted by atomic mass is 35.5. The highest BCUT2D eigenvalue weighted by Gasteiger charge is 2.32. The molecule has 0 aliphatic carbocycles. The average molecular weight is 578 g/mol. The molecular formula is C26H36ClN7O4S. The minimum absolute atomic E-state index is 0.180. The number of nitrogens with one attached hydrogen (secondary N) is 3. The highest BCUT2D eigenvalue weighted by Crippen LogP contribution is 2.34. The second-order valence-electron chi connectivity index (χ2n) is 9.98. The molecule has 0 bridgehead atoms. The summed E-state index contributed by atoms with van der Waals surface area (Å²) in [7, 11) is -2.16. The van der Waals surface area contributed by atoms with Crippen molar-refractivity contribution in [3.8, 4) is 5.75 Å². The zero-order valence-electron chi connectivity index (χ0n) is 22.5. The predicted octanol–water partition coefficient (Wildman–Crippen LogP) is 4.06. The maximum Gasteiger partial charge on any atom is 0.243 e. The fourth-order valence-corrected chi connectivity index (χ4v) is 6.81. The summed E-state index contributed by atoms with van der Waals surface area (Å²) in [5.74, 6) is 1.32. The third-order valence-corrected chi connectivity index (χ3v) is 9.71. The zero-order valence-corrected chi connectivity index (χ0v) is 24.1. The van der Waals surface area contributed by atoms with Crippen LogP contribution in [-0.4, -0.2) is 91.2 Å². The van der Waals surface area contributed by atoms with Crippen molar-refractivity contribution in [2.75, 3.05) is 57.1 Å². The molecule has 3 aromatic rings. The summed E-state index contributed by atoms with van der Waals surface area (Å²) in [4.78, 5) is 14.9. The van der Waals surface area contributed by atoms with Gasteiger partial charge in [-0.15, -0.1) is 0 Å². The first-order valence-corrected chi connectivity index (χ1v) is 15.2. The van der Waals surface area contributed by atoms with Gasteiger partial charge in [-0.2, -0.15) is 14.3 Å². The predicted molar refractivity (Wildman–Crippen MR) is 153 cm³/mol. The quantitative estimate of drug-likeness (QED) is 0.345. The second kappa shape index (κ2) is 11.8. The molecular weight excluding hydrogens is 542 g/mol. The van der Waals surface area contributed by atoms with Crippen LogP contribution >= 0.6 is 11.6 Å². The summed E-state index contributed by atoms with van der Waals surface area (Å²) in [5, 5.41) is 7.81. The fourth-order valence-electron chi connectivity index (χ4n) is 5.09. The monoisotopic (exact) mass is 577 g/mol. The van der Waals surface area contributed by atoms with Gasteiger partial charge in [-0.1, -0.05) is 18.5 Å². The number of hydrogen-bond acceptors (Lipinski definition) is 9. The van der Waals surface area contributed by atoms with E-state index in [9.17, 15) is 8.42 Å². The number of sulfonamides is 1. The summed E-state index contributed by atoms with van der Waals surface area (Å²) < 4.78 is 39.6. The first kappa shape index (κ1) is 27.9. The SMILES string of the molecule is CC[C@H](C)Nc1nc(Nc2ccc(S(=O)(=O)N3CCC(N4CCOCC4)CC3)cc2OC)nc2[nH]cc(Cl)c12. The van der Waals surface area contributed by atoms with E-state index in [1.54, 1.807) is 28.7 Å². The second-order valence-corrected chi connectivity index (χ2v) is 12.3. The van der Waals surface area contributed by atoms with Gasteiger partial charge in [-0.3, -0.25) is 4.90 Å². The number of aromatic nitrogens is 3. The van der Waals surface area contributed by atoms with Gasteiger partial charge in [0.05, 0.1) is 41.3 Å². The first-order chi connectivity index (χ1) is 18.8. The van der Waals surface area contributed by atoms with Crippen LogP contribution in [0.3, 0.4) is 0 Å². The van der Waals surface area contributed by atoms with Crippen molar-refractivity contribution in [3.05, 3.63) is 29.4 Å². The molecule has 0 radical (unpaired) electrons. The molecule has 3 N–H and O–H groups in total. The van der Waals surface area contributed by atoms with Crippen LogP contribution in [0.1, 0.15) is 33.1 Å². The van der Waals surface area contributed by atoms with E-state index in [4.69, 9.17) is 21.1 Å². The largest absolute Gasteiger partial charge is 0.495 e. The molecule has 11 nitrogen and oxygen atoms in total. The van der Waals surface area contributed by atoms with Crippen molar-refractivity contribution < 1.29 is 17.9 Å². The first-order valence-electron chi connectivity index (χ1n) is 13.4. The number of H-pyrrole nitrogens is 1. The number of anilines is 3. The Bertz CT molecular complexity index is 1400. The van der Waals surface area contributed by atoms with Crippen LogP contribution in [0.15, 0.2) is 29.3 Å². The summed E-state index contributed by atoms with van der Waals surface area (Å²) in [5.41, 5.74) is 1.14. The number of nitrogens with zero attached hydrogens (tertiary/aromatic N) is 4. The zero-order chi connectivity index (χ0) is 27.6. The molecule has 2 fully saturated rings. The molecule has 0 saturated carbocycles. The molecule has 1 atom stereocenters. The Kier molecular flexibility index (Phi) is 8.48. The lowest BCUT2D eigenvalue weighted by atomic mass is 10.0. The molecule has 2 aliphatic rings. The van der Waals surface area contributed by atoms with E-state index in [0.717, 1.165) is 45.6 Å². The molecule has 2 aromatic heterocycles. The van der Waals surface area contributed by atoms with Gasteiger partial charge in [-0.25, -0.2) is 8.42 Å². The minimum atomic E-state index is -3.67. The van der Waals surface area contributed by atoms with Crippen molar-refractivity contribution in [1.29, 1.82) is 0 Å². The number of hydrogen-bond donors (Lipinski definition) is 3. The topological polar surface area (TPSA) is 125 Å². The fraction of sp³-hybridized carbons (Fsp3) is 0.538. The number of rotatable bonds is 9. The van der Waals surface area contributed by atoms with Crippen molar-refractivity contribution >= 4 is 50.1 Å². The van der Waals surface area contributed by atoms with Gasteiger partial charge in [0.2, 0.25) is 16.0 Å². The molecule has 2 aliphatic heterocycles. The van der Waals surface area contributed by atoms with Crippen LogP contribution in [0.2, 0.25) is 5.02 Å². The number of benzene rings is 1. The van der Waals surface area contributed by atoms with E-state index < -0.39 is 10.0 Å². The van der Waals surface area contributed by atoms with E-state index in [2.05, 4.69) is 44.3 Å². The number of morpholine rings is 1. The number of halogens is 1. The Balaban J connectivity index is 1.34. The highest BCUT2D eigenvalue weighted by molar-refractivity contribution is 7.89. The van der Waals surface area contributed by atoms with Crippen molar-refractivity contribution in [2.45, 2.75) is 50.1 Å². The third-order valence-electron chi connectivity index (χ3n) is 7.52. The number of methoxy groups -OCH3 is 1. The maximum absolute atomic E-state index is 13.5. The Morgan fingerprint density at radius 2 is 1.95 bits per heavy atom.